The Morgan fingerprint density at radius 3 is 2.08 bits per heavy atom. The number of carbonyl (C=O) groups excluding carboxylic acids is 2. The number of Topliss-reactive ketones (excluding diaryl/α,β-unsaturated/α-hetero) is 1. The van der Waals surface area contributed by atoms with Gasteiger partial charge in [0.1, 0.15) is 0 Å². The normalized spacial score (nSPS) is 10.4. The van der Waals surface area contributed by atoms with Crippen molar-refractivity contribution in [3.05, 3.63) is 76.8 Å². The molecule has 0 saturated carbocycles. The molecule has 1 amide bonds. The molecule has 0 atom stereocenters. The Morgan fingerprint density at radius 2 is 1.54 bits per heavy atom. The molecule has 120 valence electrons. The van der Waals surface area contributed by atoms with Crippen molar-refractivity contribution in [2.45, 2.75) is 13.8 Å². The fourth-order valence-electron chi connectivity index (χ4n) is 2.41. The Balaban J connectivity index is 2.11. The quantitative estimate of drug-likeness (QED) is 0.653. The Hall–Kier alpha value is -2.79. The van der Waals surface area contributed by atoms with Crippen LogP contribution in [0.2, 0.25) is 0 Å². The standard InChI is InChI=1S/C19H16N2O2S/c1-13-17(14(2)22)24-19(20-13)21(16-11-7-4-8-12-16)18(23)15-9-5-3-6-10-15/h3-12H,1-2H3. The number of thiazole rings is 1. The fraction of sp³-hybridized carbons (Fsp3) is 0.105. The van der Waals surface area contributed by atoms with Crippen molar-refractivity contribution in [1.82, 2.24) is 4.98 Å². The maximum atomic E-state index is 13.0. The number of anilines is 2. The van der Waals surface area contributed by atoms with Gasteiger partial charge in [0.05, 0.1) is 16.3 Å². The number of carbonyl (C=O) groups is 2. The molecule has 3 rings (SSSR count). The molecular formula is C19H16N2O2S. The molecule has 1 aromatic heterocycles. The number of nitrogens with zero attached hydrogens (tertiary/aromatic N) is 2. The van der Waals surface area contributed by atoms with E-state index >= 15 is 0 Å². The zero-order valence-corrected chi connectivity index (χ0v) is 14.2. The lowest BCUT2D eigenvalue weighted by molar-refractivity contribution is 0.0996. The summed E-state index contributed by atoms with van der Waals surface area (Å²) in [4.78, 5) is 31.4. The third-order valence-electron chi connectivity index (χ3n) is 3.53. The number of aryl methyl sites for hydroxylation is 1. The number of amides is 1. The van der Waals surface area contributed by atoms with Crippen LogP contribution in [0.3, 0.4) is 0 Å². The first-order chi connectivity index (χ1) is 11.6. The van der Waals surface area contributed by atoms with E-state index in [1.165, 1.54) is 18.3 Å². The first-order valence-electron chi connectivity index (χ1n) is 7.51. The molecule has 2 aromatic carbocycles. The van der Waals surface area contributed by atoms with Crippen LogP contribution in [0.15, 0.2) is 60.7 Å². The second kappa shape index (κ2) is 6.76. The van der Waals surface area contributed by atoms with Crippen LogP contribution in [0.25, 0.3) is 0 Å². The molecule has 0 saturated heterocycles. The molecule has 1 heterocycles. The summed E-state index contributed by atoms with van der Waals surface area (Å²) < 4.78 is 0. The van der Waals surface area contributed by atoms with Crippen LogP contribution in [0.5, 0.6) is 0 Å². The van der Waals surface area contributed by atoms with Crippen molar-refractivity contribution in [1.29, 1.82) is 0 Å². The number of aromatic nitrogens is 1. The Morgan fingerprint density at radius 1 is 0.958 bits per heavy atom. The monoisotopic (exact) mass is 336 g/mol. The minimum Gasteiger partial charge on any atom is -0.294 e. The summed E-state index contributed by atoms with van der Waals surface area (Å²) in [5.74, 6) is -0.220. The molecule has 0 N–H and O–H groups in total. The van der Waals surface area contributed by atoms with Gasteiger partial charge in [0.15, 0.2) is 10.9 Å². The molecule has 0 aliphatic rings. The molecule has 0 fully saturated rings. The van der Waals surface area contributed by atoms with Crippen LogP contribution in [0.4, 0.5) is 10.8 Å². The van der Waals surface area contributed by atoms with E-state index in [0.717, 1.165) is 5.69 Å². The van der Waals surface area contributed by atoms with Gasteiger partial charge in [-0.25, -0.2) is 4.98 Å². The summed E-state index contributed by atoms with van der Waals surface area (Å²) in [7, 11) is 0. The third kappa shape index (κ3) is 3.12. The van der Waals surface area contributed by atoms with Gasteiger partial charge in [0.25, 0.3) is 5.91 Å². The second-order valence-corrected chi connectivity index (χ2v) is 6.29. The van der Waals surface area contributed by atoms with Crippen LogP contribution in [-0.4, -0.2) is 16.7 Å². The summed E-state index contributed by atoms with van der Waals surface area (Å²) in [6.07, 6.45) is 0. The van der Waals surface area contributed by atoms with Gasteiger partial charge in [-0.1, -0.05) is 47.7 Å². The average molecular weight is 336 g/mol. The first-order valence-corrected chi connectivity index (χ1v) is 8.32. The third-order valence-corrected chi connectivity index (χ3v) is 4.78. The SMILES string of the molecule is CC(=O)c1sc(N(C(=O)c2ccccc2)c2ccccc2)nc1C. The highest BCUT2D eigenvalue weighted by Gasteiger charge is 2.24. The Bertz CT molecular complexity index is 873. The van der Waals surface area contributed by atoms with E-state index in [9.17, 15) is 9.59 Å². The predicted molar refractivity (Wildman–Crippen MR) is 96.2 cm³/mol. The second-order valence-electron chi connectivity index (χ2n) is 5.31. The van der Waals surface area contributed by atoms with Gasteiger partial charge >= 0.3 is 0 Å². The van der Waals surface area contributed by atoms with E-state index in [1.807, 2.05) is 48.5 Å². The molecule has 0 aliphatic carbocycles. The highest BCUT2D eigenvalue weighted by Crippen LogP contribution is 2.33. The molecule has 5 heteroatoms. The molecule has 3 aromatic rings. The molecule has 0 radical (unpaired) electrons. The van der Waals surface area contributed by atoms with Crippen LogP contribution >= 0.6 is 11.3 Å². The topological polar surface area (TPSA) is 50.3 Å². The largest absolute Gasteiger partial charge is 0.294 e. The van der Waals surface area contributed by atoms with Crippen molar-refractivity contribution in [3.8, 4) is 0 Å². The van der Waals surface area contributed by atoms with E-state index < -0.39 is 0 Å². The summed E-state index contributed by atoms with van der Waals surface area (Å²) in [6, 6.07) is 18.4. The average Bonchev–Trinajstić information content (AvgIpc) is 2.98. The number of benzene rings is 2. The molecule has 0 unspecified atom stereocenters. The predicted octanol–water partition coefficient (Wildman–Crippen LogP) is 4.63. The van der Waals surface area contributed by atoms with Gasteiger partial charge in [0.2, 0.25) is 0 Å². The van der Waals surface area contributed by atoms with Gasteiger partial charge in [-0.2, -0.15) is 0 Å². The molecule has 0 bridgehead atoms. The van der Waals surface area contributed by atoms with Crippen LogP contribution in [0.1, 0.15) is 32.6 Å². The lowest BCUT2D eigenvalue weighted by atomic mass is 10.2. The van der Waals surface area contributed by atoms with Crippen molar-refractivity contribution < 1.29 is 9.59 Å². The van der Waals surface area contributed by atoms with E-state index in [1.54, 1.807) is 24.0 Å². The number of ketones is 1. The highest BCUT2D eigenvalue weighted by molar-refractivity contribution is 7.17. The van der Waals surface area contributed by atoms with Crippen molar-refractivity contribution >= 4 is 33.8 Å². The lowest BCUT2D eigenvalue weighted by Gasteiger charge is -2.20. The van der Waals surface area contributed by atoms with Gasteiger partial charge in [-0.3, -0.25) is 14.5 Å². The molecule has 24 heavy (non-hydrogen) atoms. The van der Waals surface area contributed by atoms with E-state index in [2.05, 4.69) is 4.98 Å². The maximum absolute atomic E-state index is 13.0. The van der Waals surface area contributed by atoms with Gasteiger partial charge < -0.3 is 0 Å². The minimum absolute atomic E-state index is 0.0450. The van der Waals surface area contributed by atoms with E-state index in [0.29, 0.717) is 21.3 Å². The van der Waals surface area contributed by atoms with E-state index in [4.69, 9.17) is 0 Å². The minimum atomic E-state index is -0.175. The zero-order chi connectivity index (χ0) is 17.1. The fourth-order valence-corrected chi connectivity index (χ4v) is 3.39. The number of hydrogen-bond acceptors (Lipinski definition) is 4. The number of rotatable bonds is 4. The number of hydrogen-bond donors (Lipinski definition) is 0. The van der Waals surface area contributed by atoms with Crippen LogP contribution < -0.4 is 4.90 Å². The van der Waals surface area contributed by atoms with Crippen molar-refractivity contribution in [2.75, 3.05) is 4.90 Å². The maximum Gasteiger partial charge on any atom is 0.264 e. The molecular weight excluding hydrogens is 320 g/mol. The van der Waals surface area contributed by atoms with Crippen LogP contribution in [-0.2, 0) is 0 Å². The highest BCUT2D eigenvalue weighted by atomic mass is 32.1. The van der Waals surface area contributed by atoms with Crippen molar-refractivity contribution in [2.24, 2.45) is 0 Å². The smallest absolute Gasteiger partial charge is 0.264 e. The summed E-state index contributed by atoms with van der Waals surface area (Å²) in [5, 5.41) is 0.498. The summed E-state index contributed by atoms with van der Waals surface area (Å²) in [5.41, 5.74) is 1.93. The molecule has 4 nitrogen and oxygen atoms in total. The first kappa shape index (κ1) is 16.1. The van der Waals surface area contributed by atoms with Gasteiger partial charge in [0, 0.05) is 12.5 Å². The van der Waals surface area contributed by atoms with Crippen molar-refractivity contribution in [3.63, 3.8) is 0 Å². The van der Waals surface area contributed by atoms with Gasteiger partial charge in [-0.05, 0) is 31.2 Å². The zero-order valence-electron chi connectivity index (χ0n) is 13.4. The summed E-state index contributed by atoms with van der Waals surface area (Å²) >= 11 is 1.24. The molecule has 0 spiro atoms. The summed E-state index contributed by atoms with van der Waals surface area (Å²) in [6.45, 7) is 3.29. The Labute approximate surface area is 144 Å². The molecule has 0 aliphatic heterocycles. The van der Waals surface area contributed by atoms with Crippen LogP contribution in [0, 0.1) is 6.92 Å². The Kier molecular flexibility index (Phi) is 4.53. The number of para-hydroxylation sites is 1. The lowest BCUT2D eigenvalue weighted by Crippen LogP contribution is -2.25. The van der Waals surface area contributed by atoms with Gasteiger partial charge in [-0.15, -0.1) is 0 Å². The van der Waals surface area contributed by atoms with E-state index in [-0.39, 0.29) is 11.7 Å².